The molecule has 18 heavy (non-hydrogen) atoms. The number of cyclic esters (lactones) is 1. The van der Waals surface area contributed by atoms with Crippen LogP contribution in [0.3, 0.4) is 0 Å². The number of aliphatic hydroxyl groups excluding tert-OH is 1. The molecule has 2 rings (SSSR count). The summed E-state index contributed by atoms with van der Waals surface area (Å²) >= 11 is 0. The number of hydrogen-bond acceptors (Lipinski definition) is 3. The Bertz CT molecular complexity index is 429. The van der Waals surface area contributed by atoms with Crippen LogP contribution in [0.15, 0.2) is 34.9 Å². The number of allylic oxidation sites excluding steroid dienone is 3. The van der Waals surface area contributed by atoms with Crippen LogP contribution in [0.4, 0.5) is 0 Å². The van der Waals surface area contributed by atoms with Crippen molar-refractivity contribution in [3.63, 3.8) is 0 Å². The second kappa shape index (κ2) is 5.53. The Morgan fingerprint density at radius 2 is 2.17 bits per heavy atom. The lowest BCUT2D eigenvalue weighted by Crippen LogP contribution is -2.10. The van der Waals surface area contributed by atoms with Crippen molar-refractivity contribution < 1.29 is 14.6 Å². The lowest BCUT2D eigenvalue weighted by Gasteiger charge is -2.16. The Hall–Kier alpha value is -1.35. The second-order valence-corrected chi connectivity index (χ2v) is 5.14. The van der Waals surface area contributed by atoms with E-state index in [1.54, 1.807) is 0 Å². The predicted molar refractivity (Wildman–Crippen MR) is 69.9 cm³/mol. The Morgan fingerprint density at radius 3 is 2.89 bits per heavy atom. The van der Waals surface area contributed by atoms with Gasteiger partial charge >= 0.3 is 5.97 Å². The molecular formula is C15H20O3. The number of hydrogen-bond donors (Lipinski definition) is 1. The van der Waals surface area contributed by atoms with Gasteiger partial charge in [0.2, 0.25) is 0 Å². The van der Waals surface area contributed by atoms with Crippen molar-refractivity contribution >= 4 is 5.97 Å². The molecule has 1 saturated heterocycles. The summed E-state index contributed by atoms with van der Waals surface area (Å²) in [5, 5.41) is 9.44. The molecule has 0 spiro atoms. The minimum absolute atomic E-state index is 0.0532. The minimum Gasteiger partial charge on any atom is -0.461 e. The molecule has 0 aromatic heterocycles. The Labute approximate surface area is 108 Å². The summed E-state index contributed by atoms with van der Waals surface area (Å²) in [5.41, 5.74) is 3.13. The van der Waals surface area contributed by atoms with Gasteiger partial charge in [0.15, 0.2) is 0 Å². The van der Waals surface area contributed by atoms with E-state index in [0.29, 0.717) is 6.61 Å². The molecular weight excluding hydrogens is 228 g/mol. The highest BCUT2D eigenvalue weighted by Crippen LogP contribution is 2.29. The third-order valence-corrected chi connectivity index (χ3v) is 3.75. The van der Waals surface area contributed by atoms with Gasteiger partial charge in [-0.2, -0.15) is 0 Å². The zero-order chi connectivity index (χ0) is 13.1. The molecule has 98 valence electrons. The zero-order valence-corrected chi connectivity index (χ0v) is 11.0. The monoisotopic (exact) mass is 248 g/mol. The number of carbonyl (C=O) groups is 1. The quantitative estimate of drug-likeness (QED) is 0.572. The molecule has 3 heteroatoms. The molecule has 0 aromatic carbocycles. The van der Waals surface area contributed by atoms with Gasteiger partial charge in [-0.3, -0.25) is 0 Å². The molecule has 2 unspecified atom stereocenters. The van der Waals surface area contributed by atoms with Crippen LogP contribution in [0.1, 0.15) is 26.7 Å². The van der Waals surface area contributed by atoms with Gasteiger partial charge in [-0.25, -0.2) is 4.79 Å². The van der Waals surface area contributed by atoms with E-state index in [-0.39, 0.29) is 24.4 Å². The van der Waals surface area contributed by atoms with Crippen LogP contribution in [0, 0.1) is 11.8 Å². The first-order valence-electron chi connectivity index (χ1n) is 6.43. The Kier molecular flexibility index (Phi) is 4.02. The first kappa shape index (κ1) is 13.1. The van der Waals surface area contributed by atoms with Crippen molar-refractivity contribution in [3.05, 3.63) is 34.9 Å². The fourth-order valence-electron chi connectivity index (χ4n) is 2.42. The average molecular weight is 248 g/mol. The van der Waals surface area contributed by atoms with Crippen molar-refractivity contribution in [2.75, 3.05) is 13.2 Å². The first-order chi connectivity index (χ1) is 8.61. The zero-order valence-electron chi connectivity index (χ0n) is 11.0. The van der Waals surface area contributed by atoms with E-state index in [2.05, 4.69) is 19.1 Å². The van der Waals surface area contributed by atoms with Gasteiger partial charge in [-0.05, 0) is 26.7 Å². The topological polar surface area (TPSA) is 46.5 Å². The average Bonchev–Trinajstić information content (AvgIpc) is 2.68. The number of esters is 1. The van der Waals surface area contributed by atoms with Crippen molar-refractivity contribution in [1.82, 2.24) is 0 Å². The molecule has 0 saturated carbocycles. The summed E-state index contributed by atoms with van der Waals surface area (Å²) < 4.78 is 5.11. The Morgan fingerprint density at radius 1 is 1.39 bits per heavy atom. The molecule has 3 nitrogen and oxygen atoms in total. The molecule has 0 bridgehead atoms. The largest absolute Gasteiger partial charge is 0.461 e. The van der Waals surface area contributed by atoms with Crippen molar-refractivity contribution in [3.8, 4) is 0 Å². The standard InChI is InChI=1S/C15H20O3/c1-10-3-5-12(8-16)11(2)7-13-9-18-15(17)14(13)6-4-10/h3,6-7,12-13,16H,4-5,8-9H2,1-2H3. The fraction of sp³-hybridized carbons (Fsp3) is 0.533. The Balaban J connectivity index is 2.35. The van der Waals surface area contributed by atoms with Crippen LogP contribution in [0.25, 0.3) is 0 Å². The summed E-state index contributed by atoms with van der Waals surface area (Å²) in [5.74, 6) is 0.00502. The van der Waals surface area contributed by atoms with E-state index >= 15 is 0 Å². The molecule has 0 aromatic rings. The second-order valence-electron chi connectivity index (χ2n) is 5.14. The SMILES string of the molecule is CC1=CCC(CO)C(C)=CC2COC(=O)C2=CC1. The van der Waals surface area contributed by atoms with Crippen LogP contribution < -0.4 is 0 Å². The van der Waals surface area contributed by atoms with Gasteiger partial charge in [0, 0.05) is 24.0 Å². The maximum atomic E-state index is 11.6. The normalized spacial score (nSPS) is 28.8. The van der Waals surface area contributed by atoms with E-state index in [1.807, 2.05) is 13.0 Å². The van der Waals surface area contributed by atoms with E-state index in [0.717, 1.165) is 24.0 Å². The summed E-state index contributed by atoms with van der Waals surface area (Å²) in [6.07, 6.45) is 7.85. The molecule has 2 atom stereocenters. The molecule has 0 amide bonds. The molecule has 2 aliphatic rings. The molecule has 1 heterocycles. The third-order valence-electron chi connectivity index (χ3n) is 3.75. The molecule has 1 aliphatic heterocycles. The fourth-order valence-corrected chi connectivity index (χ4v) is 2.42. The van der Waals surface area contributed by atoms with Gasteiger partial charge in [0.25, 0.3) is 0 Å². The van der Waals surface area contributed by atoms with Gasteiger partial charge in [-0.15, -0.1) is 0 Å². The third kappa shape index (κ3) is 2.72. The highest BCUT2D eigenvalue weighted by Gasteiger charge is 2.29. The number of fused-ring (bicyclic) bond motifs is 1. The summed E-state index contributed by atoms with van der Waals surface area (Å²) in [6, 6.07) is 0. The van der Waals surface area contributed by atoms with E-state index in [9.17, 15) is 9.90 Å². The van der Waals surface area contributed by atoms with E-state index < -0.39 is 0 Å². The van der Waals surface area contributed by atoms with Gasteiger partial charge < -0.3 is 9.84 Å². The predicted octanol–water partition coefficient (Wildman–Crippen LogP) is 2.38. The van der Waals surface area contributed by atoms with Crippen LogP contribution in [-0.4, -0.2) is 24.3 Å². The van der Waals surface area contributed by atoms with Crippen molar-refractivity contribution in [2.24, 2.45) is 11.8 Å². The highest BCUT2D eigenvalue weighted by molar-refractivity contribution is 5.91. The summed E-state index contributed by atoms with van der Waals surface area (Å²) in [6.45, 7) is 4.66. The molecule has 1 fully saturated rings. The van der Waals surface area contributed by atoms with Crippen molar-refractivity contribution in [1.29, 1.82) is 0 Å². The summed E-state index contributed by atoms with van der Waals surface area (Å²) in [7, 11) is 0. The number of carbonyl (C=O) groups excluding carboxylic acids is 1. The van der Waals surface area contributed by atoms with E-state index in [1.165, 1.54) is 5.57 Å². The lowest BCUT2D eigenvalue weighted by molar-refractivity contribution is -0.135. The number of aliphatic hydroxyl groups is 1. The minimum atomic E-state index is -0.196. The molecule has 1 N–H and O–H groups in total. The van der Waals surface area contributed by atoms with Crippen LogP contribution in [0.5, 0.6) is 0 Å². The first-order valence-corrected chi connectivity index (χ1v) is 6.43. The number of rotatable bonds is 1. The smallest absolute Gasteiger partial charge is 0.334 e. The van der Waals surface area contributed by atoms with Crippen LogP contribution >= 0.6 is 0 Å². The molecule has 1 aliphatic carbocycles. The highest BCUT2D eigenvalue weighted by atomic mass is 16.5. The van der Waals surface area contributed by atoms with Crippen molar-refractivity contribution in [2.45, 2.75) is 26.7 Å². The van der Waals surface area contributed by atoms with Crippen LogP contribution in [0.2, 0.25) is 0 Å². The van der Waals surface area contributed by atoms with Crippen LogP contribution in [-0.2, 0) is 9.53 Å². The van der Waals surface area contributed by atoms with E-state index in [4.69, 9.17) is 4.74 Å². The van der Waals surface area contributed by atoms with Gasteiger partial charge in [0.05, 0.1) is 0 Å². The van der Waals surface area contributed by atoms with Gasteiger partial charge in [0.1, 0.15) is 6.61 Å². The maximum Gasteiger partial charge on any atom is 0.334 e. The van der Waals surface area contributed by atoms with Gasteiger partial charge in [-0.1, -0.05) is 29.4 Å². The maximum absolute atomic E-state index is 11.6. The summed E-state index contributed by atoms with van der Waals surface area (Å²) in [4.78, 5) is 11.6. The lowest BCUT2D eigenvalue weighted by atomic mass is 9.89. The number of ether oxygens (including phenoxy) is 1. The molecule has 0 radical (unpaired) electrons.